The molecule has 0 saturated carbocycles. The van der Waals surface area contributed by atoms with E-state index in [1.54, 1.807) is 12.1 Å². The van der Waals surface area contributed by atoms with Gasteiger partial charge in [0.15, 0.2) is 0 Å². The lowest BCUT2D eigenvalue weighted by Gasteiger charge is -2.35. The fraction of sp³-hybridized carbons (Fsp3) is 0.316. The first-order chi connectivity index (χ1) is 12.1. The molecule has 6 heteroatoms. The molecule has 0 unspecified atom stereocenters. The number of rotatable bonds is 5. The van der Waals surface area contributed by atoms with Gasteiger partial charge in [-0.05, 0) is 29.8 Å². The fourth-order valence-corrected chi connectivity index (χ4v) is 3.09. The third-order valence-electron chi connectivity index (χ3n) is 4.32. The van der Waals surface area contributed by atoms with Gasteiger partial charge < -0.3 is 10.1 Å². The van der Waals surface area contributed by atoms with E-state index in [0.717, 1.165) is 18.7 Å². The molecule has 1 aliphatic rings. The van der Waals surface area contributed by atoms with E-state index in [4.69, 9.17) is 16.3 Å². The van der Waals surface area contributed by atoms with Crippen molar-refractivity contribution in [2.24, 2.45) is 0 Å². The molecule has 1 atom stereocenters. The van der Waals surface area contributed by atoms with Gasteiger partial charge in [-0.1, -0.05) is 35.9 Å². The summed E-state index contributed by atoms with van der Waals surface area (Å²) >= 11 is 5.98. The fourth-order valence-electron chi connectivity index (χ4n) is 2.96. The van der Waals surface area contributed by atoms with Gasteiger partial charge in [0.05, 0.1) is 24.8 Å². The number of carbonyl (C=O) groups is 1. The van der Waals surface area contributed by atoms with Crippen LogP contribution in [0.4, 0.5) is 4.39 Å². The Bertz CT molecular complexity index is 718. The number of morpholine rings is 1. The zero-order valence-electron chi connectivity index (χ0n) is 13.8. The second kappa shape index (κ2) is 8.43. The minimum Gasteiger partial charge on any atom is -0.379 e. The van der Waals surface area contributed by atoms with Crippen molar-refractivity contribution < 1.29 is 13.9 Å². The lowest BCUT2D eigenvalue weighted by atomic mass is 10.0. The van der Waals surface area contributed by atoms with Gasteiger partial charge in [-0.2, -0.15) is 0 Å². The highest BCUT2D eigenvalue weighted by Crippen LogP contribution is 2.23. The maximum absolute atomic E-state index is 13.8. The number of hydrogen-bond donors (Lipinski definition) is 1. The zero-order chi connectivity index (χ0) is 17.6. The first-order valence-electron chi connectivity index (χ1n) is 8.25. The van der Waals surface area contributed by atoms with Crippen molar-refractivity contribution in [3.63, 3.8) is 0 Å². The van der Waals surface area contributed by atoms with E-state index in [2.05, 4.69) is 10.2 Å². The second-order valence-electron chi connectivity index (χ2n) is 5.91. The molecule has 1 amide bonds. The van der Waals surface area contributed by atoms with Gasteiger partial charge in [-0.3, -0.25) is 9.69 Å². The summed E-state index contributed by atoms with van der Waals surface area (Å²) in [4.78, 5) is 14.6. The van der Waals surface area contributed by atoms with Gasteiger partial charge in [0.2, 0.25) is 0 Å². The maximum Gasteiger partial charge on any atom is 0.254 e. The van der Waals surface area contributed by atoms with E-state index in [1.807, 2.05) is 24.3 Å². The first-order valence-corrected chi connectivity index (χ1v) is 8.63. The monoisotopic (exact) mass is 362 g/mol. The van der Waals surface area contributed by atoms with Crippen LogP contribution in [0.15, 0.2) is 48.5 Å². The molecule has 25 heavy (non-hydrogen) atoms. The van der Waals surface area contributed by atoms with Crippen LogP contribution in [0.25, 0.3) is 0 Å². The lowest BCUT2D eigenvalue weighted by Crippen LogP contribution is -2.43. The SMILES string of the molecule is O=C(NC[C@@H](c1ccc(Cl)cc1)N1CCOCC1)c1ccccc1F. The van der Waals surface area contributed by atoms with Crippen molar-refractivity contribution in [2.45, 2.75) is 6.04 Å². The Hall–Kier alpha value is -1.95. The first kappa shape index (κ1) is 17.9. The molecule has 2 aromatic carbocycles. The van der Waals surface area contributed by atoms with Crippen molar-refractivity contribution in [2.75, 3.05) is 32.8 Å². The normalized spacial score (nSPS) is 16.4. The van der Waals surface area contributed by atoms with Gasteiger partial charge in [-0.15, -0.1) is 0 Å². The van der Waals surface area contributed by atoms with Crippen LogP contribution in [0, 0.1) is 5.82 Å². The van der Waals surface area contributed by atoms with Gasteiger partial charge in [0.25, 0.3) is 5.91 Å². The zero-order valence-corrected chi connectivity index (χ0v) is 14.5. The molecule has 1 heterocycles. The summed E-state index contributed by atoms with van der Waals surface area (Å²) in [5.41, 5.74) is 1.11. The molecule has 1 fully saturated rings. The van der Waals surface area contributed by atoms with Crippen LogP contribution in [0.1, 0.15) is 22.0 Å². The summed E-state index contributed by atoms with van der Waals surface area (Å²) in [5.74, 6) is -0.931. The molecule has 0 spiro atoms. The van der Waals surface area contributed by atoms with E-state index in [0.29, 0.717) is 24.8 Å². The molecule has 1 aliphatic heterocycles. The summed E-state index contributed by atoms with van der Waals surface area (Å²) < 4.78 is 19.2. The summed E-state index contributed by atoms with van der Waals surface area (Å²) in [6.45, 7) is 3.26. The molecule has 0 radical (unpaired) electrons. The van der Waals surface area contributed by atoms with Gasteiger partial charge in [-0.25, -0.2) is 4.39 Å². The van der Waals surface area contributed by atoms with Crippen LogP contribution in [0.5, 0.6) is 0 Å². The number of carbonyl (C=O) groups excluding carboxylic acids is 1. The highest BCUT2D eigenvalue weighted by molar-refractivity contribution is 6.30. The van der Waals surface area contributed by atoms with Crippen LogP contribution < -0.4 is 5.32 Å². The molecule has 3 rings (SSSR count). The Morgan fingerprint density at radius 1 is 1.16 bits per heavy atom. The maximum atomic E-state index is 13.8. The van der Waals surface area contributed by atoms with Crippen LogP contribution >= 0.6 is 11.6 Å². The van der Waals surface area contributed by atoms with Crippen molar-refractivity contribution in [1.29, 1.82) is 0 Å². The Morgan fingerprint density at radius 3 is 2.52 bits per heavy atom. The number of halogens is 2. The van der Waals surface area contributed by atoms with Gasteiger partial charge in [0, 0.05) is 24.7 Å². The molecule has 1 N–H and O–H groups in total. The van der Waals surface area contributed by atoms with Crippen LogP contribution in [-0.4, -0.2) is 43.7 Å². The molecule has 0 aliphatic carbocycles. The minimum absolute atomic E-state index is 0.0168. The largest absolute Gasteiger partial charge is 0.379 e. The van der Waals surface area contributed by atoms with Crippen LogP contribution in [0.2, 0.25) is 5.02 Å². The van der Waals surface area contributed by atoms with Gasteiger partial charge >= 0.3 is 0 Å². The highest BCUT2D eigenvalue weighted by atomic mass is 35.5. The molecule has 1 saturated heterocycles. The number of benzene rings is 2. The average molecular weight is 363 g/mol. The van der Waals surface area contributed by atoms with E-state index in [1.165, 1.54) is 12.1 Å². The summed E-state index contributed by atoms with van der Waals surface area (Å²) in [7, 11) is 0. The summed E-state index contributed by atoms with van der Waals surface area (Å²) in [6.07, 6.45) is 0. The van der Waals surface area contributed by atoms with Crippen molar-refractivity contribution in [1.82, 2.24) is 10.2 Å². The molecule has 0 bridgehead atoms. The van der Waals surface area contributed by atoms with Crippen molar-refractivity contribution >= 4 is 17.5 Å². The topological polar surface area (TPSA) is 41.6 Å². The van der Waals surface area contributed by atoms with Crippen molar-refractivity contribution in [3.8, 4) is 0 Å². The average Bonchev–Trinajstić information content (AvgIpc) is 2.64. The Labute approximate surface area is 151 Å². The molecule has 132 valence electrons. The summed E-state index contributed by atoms with van der Waals surface area (Å²) in [6, 6.07) is 13.6. The standard InChI is InChI=1S/C19H20ClFN2O2/c20-15-7-5-14(6-8-15)18(23-9-11-25-12-10-23)13-22-19(24)16-3-1-2-4-17(16)21/h1-8,18H,9-13H2,(H,22,24)/t18-/m0/s1. The molecule has 2 aromatic rings. The number of nitrogens with zero attached hydrogens (tertiary/aromatic N) is 1. The quantitative estimate of drug-likeness (QED) is 0.887. The molecular formula is C19H20ClFN2O2. The Kier molecular flexibility index (Phi) is 6.02. The third-order valence-corrected chi connectivity index (χ3v) is 4.57. The number of hydrogen-bond acceptors (Lipinski definition) is 3. The Balaban J connectivity index is 1.74. The van der Waals surface area contributed by atoms with E-state index in [-0.39, 0.29) is 11.6 Å². The molecular weight excluding hydrogens is 343 g/mol. The van der Waals surface area contributed by atoms with Gasteiger partial charge in [0.1, 0.15) is 5.82 Å². The molecule has 4 nitrogen and oxygen atoms in total. The van der Waals surface area contributed by atoms with Crippen molar-refractivity contribution in [3.05, 3.63) is 70.5 Å². The van der Waals surface area contributed by atoms with E-state index >= 15 is 0 Å². The second-order valence-corrected chi connectivity index (χ2v) is 6.34. The smallest absolute Gasteiger partial charge is 0.254 e. The molecule has 0 aromatic heterocycles. The Morgan fingerprint density at radius 2 is 1.84 bits per heavy atom. The number of ether oxygens (including phenoxy) is 1. The minimum atomic E-state index is -0.519. The van der Waals surface area contributed by atoms with E-state index < -0.39 is 11.7 Å². The van der Waals surface area contributed by atoms with Crippen LogP contribution in [-0.2, 0) is 4.74 Å². The number of amides is 1. The number of nitrogens with one attached hydrogen (secondary N) is 1. The van der Waals surface area contributed by atoms with E-state index in [9.17, 15) is 9.18 Å². The van der Waals surface area contributed by atoms with Crippen LogP contribution in [0.3, 0.4) is 0 Å². The predicted octanol–water partition coefficient (Wildman–Crippen LogP) is 3.28. The predicted molar refractivity (Wildman–Crippen MR) is 95.3 cm³/mol. The summed E-state index contributed by atoms with van der Waals surface area (Å²) in [5, 5.41) is 3.52. The lowest BCUT2D eigenvalue weighted by molar-refractivity contribution is 0.0162. The third kappa shape index (κ3) is 4.57. The highest BCUT2D eigenvalue weighted by Gasteiger charge is 2.23.